The van der Waals surface area contributed by atoms with Gasteiger partial charge >= 0.3 is 6.18 Å². The van der Waals surface area contributed by atoms with Crippen LogP contribution in [-0.2, 0) is 4.74 Å². The Morgan fingerprint density at radius 1 is 1.22 bits per heavy atom. The molecule has 1 rings (SSSR count). The maximum absolute atomic E-state index is 11.8. The van der Waals surface area contributed by atoms with Crippen molar-refractivity contribution in [2.75, 3.05) is 19.8 Å². The highest BCUT2D eigenvalue weighted by Crippen LogP contribution is 2.28. The molecule has 3 atom stereocenters. The number of hydrogen-bond acceptors (Lipinski definition) is 2. The summed E-state index contributed by atoms with van der Waals surface area (Å²) in [4.78, 5) is 0. The molecule has 0 spiro atoms. The fourth-order valence-corrected chi connectivity index (χ4v) is 2.62. The Kier molecular flexibility index (Phi) is 6.43. The first kappa shape index (κ1) is 15.8. The van der Waals surface area contributed by atoms with Crippen LogP contribution in [0.25, 0.3) is 0 Å². The van der Waals surface area contributed by atoms with E-state index in [1.807, 2.05) is 0 Å². The predicted molar refractivity (Wildman–Crippen MR) is 65.5 cm³/mol. The first-order chi connectivity index (χ1) is 8.38. The summed E-state index contributed by atoms with van der Waals surface area (Å²) in [6, 6.07) is 0.517. The molecular weight excluding hydrogens is 243 g/mol. The molecule has 18 heavy (non-hydrogen) atoms. The van der Waals surface area contributed by atoms with Crippen LogP contribution in [0.15, 0.2) is 0 Å². The Labute approximate surface area is 107 Å². The van der Waals surface area contributed by atoms with Gasteiger partial charge in [0.15, 0.2) is 0 Å². The molecule has 0 radical (unpaired) electrons. The molecule has 0 amide bonds. The molecule has 1 saturated carbocycles. The molecule has 1 N–H and O–H groups in total. The van der Waals surface area contributed by atoms with Gasteiger partial charge < -0.3 is 10.1 Å². The molecule has 3 unspecified atom stereocenters. The van der Waals surface area contributed by atoms with Crippen molar-refractivity contribution in [2.45, 2.75) is 51.7 Å². The van der Waals surface area contributed by atoms with Crippen LogP contribution in [0.5, 0.6) is 0 Å². The van der Waals surface area contributed by atoms with E-state index >= 15 is 0 Å². The molecule has 0 aliphatic heterocycles. The van der Waals surface area contributed by atoms with Crippen LogP contribution in [0.3, 0.4) is 0 Å². The largest absolute Gasteiger partial charge is 0.411 e. The lowest BCUT2D eigenvalue weighted by Crippen LogP contribution is -2.39. The maximum Gasteiger partial charge on any atom is 0.411 e. The Morgan fingerprint density at radius 2 is 1.94 bits per heavy atom. The van der Waals surface area contributed by atoms with Gasteiger partial charge in [0.05, 0.1) is 0 Å². The highest BCUT2D eigenvalue weighted by atomic mass is 19.4. The molecular formula is C13H24F3NO. The summed E-state index contributed by atoms with van der Waals surface area (Å²) in [6.45, 7) is 4.29. The summed E-state index contributed by atoms with van der Waals surface area (Å²) in [5.74, 6) is 1.46. The smallest absolute Gasteiger partial charge is 0.372 e. The Bertz CT molecular complexity index is 233. The Morgan fingerprint density at radius 3 is 2.56 bits per heavy atom. The summed E-state index contributed by atoms with van der Waals surface area (Å²) in [7, 11) is 0. The van der Waals surface area contributed by atoms with Gasteiger partial charge in [-0.1, -0.05) is 13.8 Å². The summed E-state index contributed by atoms with van der Waals surface area (Å²) < 4.78 is 40.0. The Balaban J connectivity index is 2.01. The fraction of sp³-hybridized carbons (Fsp3) is 1.00. The van der Waals surface area contributed by atoms with E-state index in [0.717, 1.165) is 12.5 Å². The molecule has 0 heterocycles. The second-order valence-electron chi connectivity index (χ2n) is 5.48. The topological polar surface area (TPSA) is 21.3 Å². The van der Waals surface area contributed by atoms with Crippen LogP contribution in [-0.4, -0.2) is 32.0 Å². The first-order valence-electron chi connectivity index (χ1n) is 6.76. The van der Waals surface area contributed by atoms with Gasteiger partial charge in [0, 0.05) is 12.6 Å². The van der Waals surface area contributed by atoms with Crippen LogP contribution in [0.1, 0.15) is 39.5 Å². The molecule has 5 heteroatoms. The minimum absolute atomic E-state index is 0.171. The van der Waals surface area contributed by atoms with E-state index in [2.05, 4.69) is 23.9 Å². The normalized spacial score (nSPS) is 29.5. The van der Waals surface area contributed by atoms with E-state index in [0.29, 0.717) is 18.4 Å². The van der Waals surface area contributed by atoms with Gasteiger partial charge in [-0.3, -0.25) is 0 Å². The van der Waals surface area contributed by atoms with Gasteiger partial charge in [-0.05, 0) is 44.1 Å². The fourth-order valence-electron chi connectivity index (χ4n) is 2.62. The van der Waals surface area contributed by atoms with Crippen LogP contribution in [0, 0.1) is 11.8 Å². The summed E-state index contributed by atoms with van der Waals surface area (Å²) >= 11 is 0. The van der Waals surface area contributed by atoms with Gasteiger partial charge in [0.1, 0.15) is 6.61 Å². The van der Waals surface area contributed by atoms with E-state index in [4.69, 9.17) is 0 Å². The highest BCUT2D eigenvalue weighted by molar-refractivity contribution is 4.80. The SMILES string of the molecule is CC1CCC(NCCCOCC(F)(F)F)C(C)C1. The zero-order valence-corrected chi connectivity index (χ0v) is 11.2. The lowest BCUT2D eigenvalue weighted by molar-refractivity contribution is -0.174. The molecule has 0 aromatic rings. The molecule has 0 aromatic carbocycles. The van der Waals surface area contributed by atoms with Gasteiger partial charge in [0.25, 0.3) is 0 Å². The van der Waals surface area contributed by atoms with E-state index in [-0.39, 0.29) is 6.61 Å². The van der Waals surface area contributed by atoms with Crippen molar-refractivity contribution in [1.82, 2.24) is 5.32 Å². The quantitative estimate of drug-likeness (QED) is 0.745. The standard InChI is InChI=1S/C13H24F3NO/c1-10-4-5-12(11(2)8-10)17-6-3-7-18-9-13(14,15)16/h10-12,17H,3-9H2,1-2H3. The van der Waals surface area contributed by atoms with E-state index in [1.54, 1.807) is 0 Å². The van der Waals surface area contributed by atoms with E-state index in [9.17, 15) is 13.2 Å². The van der Waals surface area contributed by atoms with Crippen LogP contribution < -0.4 is 5.32 Å². The zero-order chi connectivity index (χ0) is 13.6. The van der Waals surface area contributed by atoms with Crippen LogP contribution in [0.4, 0.5) is 13.2 Å². The molecule has 2 nitrogen and oxygen atoms in total. The van der Waals surface area contributed by atoms with Gasteiger partial charge in [0.2, 0.25) is 0 Å². The van der Waals surface area contributed by atoms with Crippen molar-refractivity contribution in [2.24, 2.45) is 11.8 Å². The molecule has 1 aliphatic rings. The van der Waals surface area contributed by atoms with Crippen molar-refractivity contribution in [1.29, 1.82) is 0 Å². The van der Waals surface area contributed by atoms with Crippen LogP contribution >= 0.6 is 0 Å². The first-order valence-corrected chi connectivity index (χ1v) is 6.76. The molecule has 108 valence electrons. The molecule has 0 aromatic heterocycles. The molecule has 0 saturated heterocycles. The second kappa shape index (κ2) is 7.34. The van der Waals surface area contributed by atoms with Crippen LogP contribution in [0.2, 0.25) is 0 Å². The van der Waals surface area contributed by atoms with Crippen molar-refractivity contribution < 1.29 is 17.9 Å². The minimum Gasteiger partial charge on any atom is -0.372 e. The lowest BCUT2D eigenvalue weighted by atomic mass is 9.80. The summed E-state index contributed by atoms with van der Waals surface area (Å²) in [5, 5.41) is 3.43. The minimum atomic E-state index is -4.21. The van der Waals surface area contributed by atoms with Gasteiger partial charge in [-0.25, -0.2) is 0 Å². The maximum atomic E-state index is 11.8. The number of alkyl halides is 3. The van der Waals surface area contributed by atoms with Crippen molar-refractivity contribution in [3.8, 4) is 0 Å². The van der Waals surface area contributed by atoms with Gasteiger partial charge in [-0.2, -0.15) is 13.2 Å². The molecule has 0 bridgehead atoms. The number of nitrogens with one attached hydrogen (secondary N) is 1. The number of ether oxygens (including phenoxy) is 1. The number of rotatable bonds is 6. The predicted octanol–water partition coefficient (Wildman–Crippen LogP) is 3.37. The third-order valence-electron chi connectivity index (χ3n) is 3.57. The number of halogens is 3. The molecule has 1 fully saturated rings. The average molecular weight is 267 g/mol. The number of hydrogen-bond donors (Lipinski definition) is 1. The van der Waals surface area contributed by atoms with Gasteiger partial charge in [-0.15, -0.1) is 0 Å². The monoisotopic (exact) mass is 267 g/mol. The Hall–Kier alpha value is -0.290. The third kappa shape index (κ3) is 6.59. The highest BCUT2D eigenvalue weighted by Gasteiger charge is 2.27. The second-order valence-corrected chi connectivity index (χ2v) is 5.48. The molecule has 1 aliphatic carbocycles. The van der Waals surface area contributed by atoms with Crippen molar-refractivity contribution in [3.05, 3.63) is 0 Å². The summed E-state index contributed by atoms with van der Waals surface area (Å²) in [6.07, 6.45) is 0.0802. The van der Waals surface area contributed by atoms with E-state index in [1.165, 1.54) is 19.3 Å². The third-order valence-corrected chi connectivity index (χ3v) is 3.57. The van der Waals surface area contributed by atoms with E-state index < -0.39 is 12.8 Å². The summed E-state index contributed by atoms with van der Waals surface area (Å²) in [5.41, 5.74) is 0. The van der Waals surface area contributed by atoms with Crippen molar-refractivity contribution >= 4 is 0 Å². The zero-order valence-electron chi connectivity index (χ0n) is 11.2. The van der Waals surface area contributed by atoms with Crippen molar-refractivity contribution in [3.63, 3.8) is 0 Å². The average Bonchev–Trinajstić information content (AvgIpc) is 2.24. The lowest BCUT2D eigenvalue weighted by Gasteiger charge is -2.33.